The van der Waals surface area contributed by atoms with Gasteiger partial charge >= 0.3 is 6.18 Å². The normalized spacial score (nSPS) is 15.9. The molecule has 2 N–H and O–H groups in total. The van der Waals surface area contributed by atoms with Crippen LogP contribution in [0.4, 0.5) is 18.9 Å². The third kappa shape index (κ3) is 2.73. The fourth-order valence-electron chi connectivity index (χ4n) is 1.39. The van der Waals surface area contributed by atoms with Crippen LogP contribution in [-0.4, -0.2) is 17.5 Å². The first kappa shape index (κ1) is 12.3. The maximum atomic E-state index is 12.3. The first-order valence-corrected chi connectivity index (χ1v) is 5.86. The molecule has 2 rings (SSSR count). The second-order valence-electron chi connectivity index (χ2n) is 3.43. The van der Waals surface area contributed by atoms with Crippen molar-refractivity contribution in [1.82, 2.24) is 0 Å². The van der Waals surface area contributed by atoms with Gasteiger partial charge in [0.25, 0.3) is 0 Å². The van der Waals surface area contributed by atoms with E-state index in [9.17, 15) is 13.2 Å². The van der Waals surface area contributed by atoms with E-state index in [0.717, 1.165) is 17.9 Å². The van der Waals surface area contributed by atoms with Crippen LogP contribution in [0.5, 0.6) is 0 Å². The third-order valence-electron chi connectivity index (χ3n) is 2.25. The van der Waals surface area contributed by atoms with Gasteiger partial charge in [0.2, 0.25) is 0 Å². The molecule has 3 nitrogen and oxygen atoms in total. The van der Waals surface area contributed by atoms with Crippen LogP contribution < -0.4 is 10.9 Å². The van der Waals surface area contributed by atoms with Crippen molar-refractivity contribution >= 4 is 22.6 Å². The molecule has 1 aliphatic heterocycles. The SMILES string of the molecule is NN(C1=NCCS1)c1ccc(C(F)(F)F)cc1. The molecule has 0 atom stereocenters. The van der Waals surface area contributed by atoms with Crippen molar-refractivity contribution in [1.29, 1.82) is 0 Å². The summed E-state index contributed by atoms with van der Waals surface area (Å²) in [5.74, 6) is 6.61. The monoisotopic (exact) mass is 261 g/mol. The number of aliphatic imine (C=N–C) groups is 1. The van der Waals surface area contributed by atoms with Crippen molar-refractivity contribution in [3.05, 3.63) is 29.8 Å². The minimum absolute atomic E-state index is 0.492. The number of hydrogen-bond donors (Lipinski definition) is 1. The molecule has 1 aliphatic rings. The molecular weight excluding hydrogens is 251 g/mol. The van der Waals surface area contributed by atoms with Gasteiger partial charge in [0.1, 0.15) is 0 Å². The number of anilines is 1. The number of hydrogen-bond acceptors (Lipinski definition) is 4. The number of amidine groups is 1. The fraction of sp³-hybridized carbons (Fsp3) is 0.300. The Bertz CT molecular complexity index is 427. The summed E-state index contributed by atoms with van der Waals surface area (Å²) in [6.07, 6.45) is -4.32. The smallest absolute Gasteiger partial charge is 0.260 e. The quantitative estimate of drug-likeness (QED) is 0.623. The number of benzene rings is 1. The van der Waals surface area contributed by atoms with Crippen molar-refractivity contribution in [2.75, 3.05) is 17.3 Å². The van der Waals surface area contributed by atoms with Crippen LogP contribution >= 0.6 is 11.8 Å². The minimum Gasteiger partial charge on any atom is -0.260 e. The van der Waals surface area contributed by atoms with Gasteiger partial charge in [-0.2, -0.15) is 13.2 Å². The van der Waals surface area contributed by atoms with Crippen LogP contribution in [0.3, 0.4) is 0 Å². The molecule has 0 saturated carbocycles. The number of rotatable bonds is 1. The first-order valence-electron chi connectivity index (χ1n) is 4.88. The number of halogens is 3. The van der Waals surface area contributed by atoms with Crippen LogP contribution in [0.25, 0.3) is 0 Å². The highest BCUT2D eigenvalue weighted by molar-refractivity contribution is 8.14. The topological polar surface area (TPSA) is 41.6 Å². The summed E-state index contributed by atoms with van der Waals surface area (Å²) in [4.78, 5) is 4.14. The molecule has 17 heavy (non-hydrogen) atoms. The van der Waals surface area contributed by atoms with E-state index < -0.39 is 11.7 Å². The van der Waals surface area contributed by atoms with E-state index >= 15 is 0 Å². The van der Waals surface area contributed by atoms with E-state index in [0.29, 0.717) is 17.4 Å². The lowest BCUT2D eigenvalue weighted by molar-refractivity contribution is -0.137. The number of nitrogens with zero attached hydrogens (tertiary/aromatic N) is 2. The van der Waals surface area contributed by atoms with E-state index in [-0.39, 0.29) is 0 Å². The van der Waals surface area contributed by atoms with Gasteiger partial charge in [0.05, 0.1) is 17.8 Å². The van der Waals surface area contributed by atoms with Gasteiger partial charge in [-0.15, -0.1) is 0 Å². The molecule has 92 valence electrons. The molecule has 1 heterocycles. The molecule has 0 aromatic heterocycles. The highest BCUT2D eigenvalue weighted by atomic mass is 32.2. The average Bonchev–Trinajstić information content (AvgIpc) is 2.80. The van der Waals surface area contributed by atoms with Crippen molar-refractivity contribution in [2.45, 2.75) is 6.18 Å². The van der Waals surface area contributed by atoms with E-state index in [1.54, 1.807) is 0 Å². The van der Waals surface area contributed by atoms with E-state index in [1.165, 1.54) is 28.9 Å². The zero-order valence-electron chi connectivity index (χ0n) is 8.74. The Morgan fingerprint density at radius 3 is 2.35 bits per heavy atom. The van der Waals surface area contributed by atoms with Crippen molar-refractivity contribution in [3.63, 3.8) is 0 Å². The highest BCUT2D eigenvalue weighted by Crippen LogP contribution is 2.30. The lowest BCUT2D eigenvalue weighted by Gasteiger charge is -2.18. The van der Waals surface area contributed by atoms with E-state index in [4.69, 9.17) is 5.84 Å². The Labute approximate surface area is 100 Å². The maximum Gasteiger partial charge on any atom is 0.416 e. The molecule has 0 aliphatic carbocycles. The molecular formula is C10H10F3N3S. The molecule has 0 bridgehead atoms. The van der Waals surface area contributed by atoms with Crippen LogP contribution in [-0.2, 0) is 6.18 Å². The van der Waals surface area contributed by atoms with Gasteiger partial charge < -0.3 is 0 Å². The maximum absolute atomic E-state index is 12.3. The fourth-order valence-corrected chi connectivity index (χ4v) is 2.18. The lowest BCUT2D eigenvalue weighted by atomic mass is 10.2. The molecule has 0 saturated heterocycles. The largest absolute Gasteiger partial charge is 0.416 e. The Kier molecular flexibility index (Phi) is 3.30. The Hall–Kier alpha value is -1.21. The van der Waals surface area contributed by atoms with Gasteiger partial charge in [-0.3, -0.25) is 10.0 Å². The number of alkyl halides is 3. The van der Waals surface area contributed by atoms with E-state index in [2.05, 4.69) is 4.99 Å². The number of hydrazine groups is 1. The molecule has 7 heteroatoms. The predicted octanol–water partition coefficient (Wildman–Crippen LogP) is 2.49. The Balaban J connectivity index is 2.18. The van der Waals surface area contributed by atoms with Crippen molar-refractivity contribution < 1.29 is 13.2 Å². The van der Waals surface area contributed by atoms with Crippen LogP contribution in [0, 0.1) is 0 Å². The van der Waals surface area contributed by atoms with Gasteiger partial charge in [-0.1, -0.05) is 11.8 Å². The average molecular weight is 261 g/mol. The Morgan fingerprint density at radius 1 is 1.24 bits per heavy atom. The summed E-state index contributed by atoms with van der Waals surface area (Å²) in [6.45, 7) is 0.689. The third-order valence-corrected chi connectivity index (χ3v) is 3.22. The van der Waals surface area contributed by atoms with Gasteiger partial charge in [0, 0.05) is 5.75 Å². The summed E-state index contributed by atoms with van der Waals surface area (Å²) in [7, 11) is 0. The van der Waals surface area contributed by atoms with Gasteiger partial charge in [-0.05, 0) is 24.3 Å². The summed E-state index contributed by atoms with van der Waals surface area (Å²) >= 11 is 1.48. The van der Waals surface area contributed by atoms with Crippen LogP contribution in [0.2, 0.25) is 0 Å². The second kappa shape index (κ2) is 4.58. The molecule has 0 spiro atoms. The summed E-state index contributed by atoms with van der Waals surface area (Å²) in [5, 5.41) is 1.93. The summed E-state index contributed by atoms with van der Waals surface area (Å²) < 4.78 is 37.0. The molecule has 1 aromatic carbocycles. The van der Waals surface area contributed by atoms with Crippen LogP contribution in [0.15, 0.2) is 29.3 Å². The lowest BCUT2D eigenvalue weighted by Crippen LogP contribution is -2.34. The van der Waals surface area contributed by atoms with Gasteiger partial charge in [0.15, 0.2) is 5.17 Å². The molecule has 0 amide bonds. The van der Waals surface area contributed by atoms with Crippen molar-refractivity contribution in [2.24, 2.45) is 10.8 Å². The molecule has 1 aromatic rings. The molecule has 0 unspecified atom stereocenters. The molecule has 0 fully saturated rings. The molecule has 0 radical (unpaired) electrons. The zero-order chi connectivity index (χ0) is 12.5. The van der Waals surface area contributed by atoms with E-state index in [1.807, 2.05) is 0 Å². The Morgan fingerprint density at radius 2 is 1.88 bits per heavy atom. The summed E-state index contributed by atoms with van der Waals surface area (Å²) in [6, 6.07) is 4.69. The number of nitrogens with two attached hydrogens (primary N) is 1. The van der Waals surface area contributed by atoms with Crippen LogP contribution in [0.1, 0.15) is 5.56 Å². The first-order chi connectivity index (χ1) is 7.98. The zero-order valence-corrected chi connectivity index (χ0v) is 9.55. The van der Waals surface area contributed by atoms with Gasteiger partial charge in [-0.25, -0.2) is 5.84 Å². The minimum atomic E-state index is -4.32. The summed E-state index contributed by atoms with van der Waals surface area (Å²) in [5.41, 5.74) is -0.193. The highest BCUT2D eigenvalue weighted by Gasteiger charge is 2.30. The van der Waals surface area contributed by atoms with Crippen molar-refractivity contribution in [3.8, 4) is 0 Å². The second-order valence-corrected chi connectivity index (χ2v) is 4.49. The standard InChI is InChI=1S/C10H10F3N3S/c11-10(12,13)7-1-3-8(4-2-7)16(14)9-15-5-6-17-9/h1-4H,5-6,14H2. The predicted molar refractivity (Wildman–Crippen MR) is 62.9 cm³/mol. The number of thioether (sulfide) groups is 1.